The van der Waals surface area contributed by atoms with Crippen LogP contribution >= 0.6 is 0 Å². The SMILES string of the molecule is CC1(C(=O)O)CCCC1NC(=O)c1ccc(F)cc1. The zero-order valence-electron chi connectivity index (χ0n) is 10.6. The third kappa shape index (κ3) is 2.59. The molecule has 1 fully saturated rings. The van der Waals surface area contributed by atoms with Gasteiger partial charge in [-0.3, -0.25) is 9.59 Å². The van der Waals surface area contributed by atoms with Crippen molar-refractivity contribution in [2.45, 2.75) is 32.2 Å². The topological polar surface area (TPSA) is 66.4 Å². The monoisotopic (exact) mass is 265 g/mol. The summed E-state index contributed by atoms with van der Waals surface area (Å²) in [6.07, 6.45) is 1.98. The van der Waals surface area contributed by atoms with E-state index in [1.54, 1.807) is 6.92 Å². The van der Waals surface area contributed by atoms with Gasteiger partial charge >= 0.3 is 5.97 Å². The Balaban J connectivity index is 2.10. The summed E-state index contributed by atoms with van der Waals surface area (Å²) in [5.41, 5.74) is -0.587. The van der Waals surface area contributed by atoms with E-state index in [-0.39, 0.29) is 11.9 Å². The minimum Gasteiger partial charge on any atom is -0.481 e. The second-order valence-corrected chi connectivity index (χ2v) is 5.15. The fourth-order valence-electron chi connectivity index (χ4n) is 2.50. The molecule has 0 spiro atoms. The standard InChI is InChI=1S/C14H16FNO3/c1-14(13(18)19)8-2-3-11(14)16-12(17)9-4-6-10(15)7-5-9/h4-7,11H,2-3,8H2,1H3,(H,16,17)(H,18,19). The summed E-state index contributed by atoms with van der Waals surface area (Å²) in [5.74, 6) is -1.67. The van der Waals surface area contributed by atoms with Crippen molar-refractivity contribution < 1.29 is 19.1 Å². The maximum Gasteiger partial charge on any atom is 0.311 e. The highest BCUT2D eigenvalue weighted by molar-refractivity contribution is 5.94. The predicted molar refractivity (Wildman–Crippen MR) is 67.2 cm³/mol. The largest absolute Gasteiger partial charge is 0.481 e. The number of carbonyl (C=O) groups is 2. The lowest BCUT2D eigenvalue weighted by atomic mass is 9.85. The minimum absolute atomic E-state index is 0.334. The van der Waals surface area contributed by atoms with Gasteiger partial charge < -0.3 is 10.4 Å². The van der Waals surface area contributed by atoms with E-state index >= 15 is 0 Å². The fraction of sp³-hybridized carbons (Fsp3) is 0.429. The van der Waals surface area contributed by atoms with Crippen LogP contribution in [0.3, 0.4) is 0 Å². The summed E-state index contributed by atoms with van der Waals surface area (Å²) in [6.45, 7) is 1.65. The van der Waals surface area contributed by atoms with Crippen LogP contribution in [0, 0.1) is 11.2 Å². The Labute approximate surface area is 110 Å². The molecule has 1 amide bonds. The first-order valence-corrected chi connectivity index (χ1v) is 6.23. The molecule has 2 unspecified atom stereocenters. The van der Waals surface area contributed by atoms with Crippen LogP contribution in [-0.2, 0) is 4.79 Å². The van der Waals surface area contributed by atoms with Crippen molar-refractivity contribution in [1.29, 1.82) is 0 Å². The van der Waals surface area contributed by atoms with Crippen LogP contribution in [0.5, 0.6) is 0 Å². The van der Waals surface area contributed by atoms with Gasteiger partial charge in [0, 0.05) is 11.6 Å². The number of nitrogens with one attached hydrogen (secondary N) is 1. The molecule has 0 aromatic heterocycles. The predicted octanol–water partition coefficient (Wildman–Crippen LogP) is 2.20. The molecule has 2 atom stereocenters. The highest BCUT2D eigenvalue weighted by atomic mass is 19.1. The number of carbonyl (C=O) groups excluding carboxylic acids is 1. The zero-order valence-corrected chi connectivity index (χ0v) is 10.6. The van der Waals surface area contributed by atoms with Gasteiger partial charge in [0.1, 0.15) is 5.82 Å². The Bertz CT molecular complexity index is 500. The Morgan fingerprint density at radius 1 is 1.37 bits per heavy atom. The van der Waals surface area contributed by atoms with Gasteiger partial charge in [-0.15, -0.1) is 0 Å². The van der Waals surface area contributed by atoms with Crippen molar-refractivity contribution in [3.8, 4) is 0 Å². The lowest BCUT2D eigenvalue weighted by Gasteiger charge is -2.27. The number of halogens is 1. The summed E-state index contributed by atoms with van der Waals surface area (Å²) in [7, 11) is 0. The molecule has 1 aliphatic rings. The van der Waals surface area contributed by atoms with E-state index in [0.717, 1.165) is 6.42 Å². The van der Waals surface area contributed by atoms with Gasteiger partial charge in [0.25, 0.3) is 5.91 Å². The molecule has 1 saturated carbocycles. The van der Waals surface area contributed by atoms with E-state index in [1.165, 1.54) is 24.3 Å². The molecule has 0 bridgehead atoms. The van der Waals surface area contributed by atoms with Crippen LogP contribution in [0.15, 0.2) is 24.3 Å². The van der Waals surface area contributed by atoms with E-state index in [1.807, 2.05) is 0 Å². The van der Waals surface area contributed by atoms with Crippen LogP contribution in [0.1, 0.15) is 36.5 Å². The average molecular weight is 265 g/mol. The molecule has 2 N–H and O–H groups in total. The number of carboxylic acid groups (broad SMARTS) is 1. The van der Waals surface area contributed by atoms with Gasteiger partial charge in [-0.2, -0.15) is 0 Å². The zero-order chi connectivity index (χ0) is 14.0. The molecule has 1 aliphatic carbocycles. The molecule has 5 heteroatoms. The van der Waals surface area contributed by atoms with E-state index in [0.29, 0.717) is 18.4 Å². The Hall–Kier alpha value is -1.91. The number of hydrogen-bond acceptors (Lipinski definition) is 2. The third-order valence-corrected chi connectivity index (χ3v) is 3.86. The van der Waals surface area contributed by atoms with Gasteiger partial charge in [-0.1, -0.05) is 6.42 Å². The van der Waals surface area contributed by atoms with E-state index in [9.17, 15) is 19.1 Å². The Kier molecular flexibility index (Phi) is 3.55. The fourth-order valence-corrected chi connectivity index (χ4v) is 2.50. The van der Waals surface area contributed by atoms with Gasteiger partial charge in [0.05, 0.1) is 5.41 Å². The molecule has 0 heterocycles. The third-order valence-electron chi connectivity index (χ3n) is 3.86. The smallest absolute Gasteiger partial charge is 0.311 e. The van der Waals surface area contributed by atoms with Crippen molar-refractivity contribution in [1.82, 2.24) is 5.32 Å². The van der Waals surface area contributed by atoms with Gasteiger partial charge in [-0.05, 0) is 44.0 Å². The molecule has 0 aliphatic heterocycles. The highest BCUT2D eigenvalue weighted by Crippen LogP contribution is 2.38. The molecule has 19 heavy (non-hydrogen) atoms. The summed E-state index contributed by atoms with van der Waals surface area (Å²) >= 11 is 0. The van der Waals surface area contributed by atoms with Crippen LogP contribution in [0.4, 0.5) is 4.39 Å². The van der Waals surface area contributed by atoms with Crippen LogP contribution in [0.2, 0.25) is 0 Å². The van der Waals surface area contributed by atoms with Gasteiger partial charge in [-0.25, -0.2) is 4.39 Å². The molecule has 0 radical (unpaired) electrons. The minimum atomic E-state index is -0.921. The lowest BCUT2D eigenvalue weighted by Crippen LogP contribution is -2.47. The molecule has 102 valence electrons. The first-order valence-electron chi connectivity index (χ1n) is 6.23. The molecular weight excluding hydrogens is 249 g/mol. The van der Waals surface area contributed by atoms with E-state index in [2.05, 4.69) is 5.32 Å². The van der Waals surface area contributed by atoms with Crippen molar-refractivity contribution in [2.75, 3.05) is 0 Å². The molecule has 4 nitrogen and oxygen atoms in total. The maximum atomic E-state index is 12.8. The molecular formula is C14H16FNO3. The molecule has 1 aromatic carbocycles. The van der Waals surface area contributed by atoms with E-state index < -0.39 is 17.2 Å². The number of benzene rings is 1. The summed E-state index contributed by atoms with van der Waals surface area (Å²) in [4.78, 5) is 23.3. The van der Waals surface area contributed by atoms with Crippen molar-refractivity contribution in [3.05, 3.63) is 35.6 Å². The van der Waals surface area contributed by atoms with Gasteiger partial charge in [0.2, 0.25) is 0 Å². The second kappa shape index (κ2) is 4.99. The van der Waals surface area contributed by atoms with Crippen LogP contribution < -0.4 is 5.32 Å². The molecule has 0 saturated heterocycles. The molecule has 1 aromatic rings. The second-order valence-electron chi connectivity index (χ2n) is 5.15. The van der Waals surface area contributed by atoms with Crippen molar-refractivity contribution in [2.24, 2.45) is 5.41 Å². The number of hydrogen-bond donors (Lipinski definition) is 2. The number of aliphatic carboxylic acids is 1. The van der Waals surface area contributed by atoms with E-state index in [4.69, 9.17) is 0 Å². The Morgan fingerprint density at radius 2 is 2.00 bits per heavy atom. The van der Waals surface area contributed by atoms with Crippen LogP contribution in [-0.4, -0.2) is 23.0 Å². The Morgan fingerprint density at radius 3 is 2.58 bits per heavy atom. The van der Waals surface area contributed by atoms with Crippen molar-refractivity contribution in [3.63, 3.8) is 0 Å². The first kappa shape index (κ1) is 13.5. The molecule has 2 rings (SSSR count). The maximum absolute atomic E-state index is 12.8. The highest BCUT2D eigenvalue weighted by Gasteiger charge is 2.45. The lowest BCUT2D eigenvalue weighted by molar-refractivity contribution is -0.148. The normalized spacial score (nSPS) is 26.1. The number of rotatable bonds is 3. The van der Waals surface area contributed by atoms with Gasteiger partial charge in [0.15, 0.2) is 0 Å². The quantitative estimate of drug-likeness (QED) is 0.880. The first-order chi connectivity index (χ1) is 8.93. The summed E-state index contributed by atoms with van der Waals surface area (Å²) < 4.78 is 12.8. The summed E-state index contributed by atoms with van der Waals surface area (Å²) in [5, 5.41) is 12.0. The number of carboxylic acids is 1. The summed E-state index contributed by atoms with van der Waals surface area (Å²) in [6, 6.07) is 4.80. The van der Waals surface area contributed by atoms with Crippen LogP contribution in [0.25, 0.3) is 0 Å². The average Bonchev–Trinajstić information content (AvgIpc) is 2.73. The number of amides is 1. The van der Waals surface area contributed by atoms with Crippen molar-refractivity contribution >= 4 is 11.9 Å².